The maximum atomic E-state index is 13.2. The number of fused-ring (bicyclic) bond motifs is 1. The van der Waals surface area contributed by atoms with Gasteiger partial charge in [-0.3, -0.25) is 9.59 Å². The summed E-state index contributed by atoms with van der Waals surface area (Å²) >= 11 is 0. The molecule has 2 aromatic carbocycles. The highest BCUT2D eigenvalue weighted by Crippen LogP contribution is 2.24. The Hall–Kier alpha value is -2.89. The van der Waals surface area contributed by atoms with Crippen molar-refractivity contribution < 1.29 is 23.8 Å². The molecule has 0 saturated carbocycles. The van der Waals surface area contributed by atoms with Gasteiger partial charge in [0, 0.05) is 18.7 Å². The summed E-state index contributed by atoms with van der Waals surface area (Å²) in [6, 6.07) is 11.4. The van der Waals surface area contributed by atoms with Crippen molar-refractivity contribution in [1.29, 1.82) is 0 Å². The van der Waals surface area contributed by atoms with Gasteiger partial charge in [0.1, 0.15) is 18.2 Å². The summed E-state index contributed by atoms with van der Waals surface area (Å²) in [5.41, 5.74) is 2.19. The molecule has 1 aliphatic heterocycles. The van der Waals surface area contributed by atoms with Crippen LogP contribution in [0.1, 0.15) is 27.9 Å². The predicted molar refractivity (Wildman–Crippen MR) is 89.0 cm³/mol. The molecule has 0 fully saturated rings. The van der Waals surface area contributed by atoms with Crippen LogP contribution in [0.3, 0.4) is 0 Å². The lowest BCUT2D eigenvalue weighted by Gasteiger charge is -2.28. The number of carbonyl (C=O) groups excluding carboxylic acids is 1. The molecule has 0 bridgehead atoms. The zero-order chi connectivity index (χ0) is 17.8. The number of halogens is 1. The van der Waals surface area contributed by atoms with E-state index in [-0.39, 0.29) is 31.3 Å². The highest BCUT2D eigenvalue weighted by Gasteiger charge is 2.24. The van der Waals surface area contributed by atoms with Crippen LogP contribution in [0, 0.1) is 5.82 Å². The third-order valence-corrected chi connectivity index (χ3v) is 4.14. The van der Waals surface area contributed by atoms with Crippen LogP contribution >= 0.6 is 0 Å². The molecule has 0 aromatic heterocycles. The lowest BCUT2D eigenvalue weighted by Crippen LogP contribution is -2.38. The van der Waals surface area contributed by atoms with Crippen molar-refractivity contribution in [3.63, 3.8) is 0 Å². The van der Waals surface area contributed by atoms with Gasteiger partial charge in [0.2, 0.25) is 0 Å². The van der Waals surface area contributed by atoms with E-state index < -0.39 is 5.97 Å². The third kappa shape index (κ3) is 4.15. The van der Waals surface area contributed by atoms with Crippen LogP contribution in [0.25, 0.3) is 0 Å². The molecule has 0 aliphatic carbocycles. The second-order valence-corrected chi connectivity index (χ2v) is 5.92. The van der Waals surface area contributed by atoms with Crippen molar-refractivity contribution in [2.24, 2.45) is 0 Å². The molecule has 5 nitrogen and oxygen atoms in total. The fourth-order valence-corrected chi connectivity index (χ4v) is 2.84. The van der Waals surface area contributed by atoms with Gasteiger partial charge in [-0.2, -0.15) is 0 Å². The van der Waals surface area contributed by atoms with E-state index in [1.165, 1.54) is 12.1 Å². The van der Waals surface area contributed by atoms with E-state index in [1.807, 2.05) is 6.07 Å². The Morgan fingerprint density at radius 3 is 2.84 bits per heavy atom. The first-order chi connectivity index (χ1) is 12.0. The molecule has 1 heterocycles. The van der Waals surface area contributed by atoms with E-state index in [0.717, 1.165) is 11.1 Å². The molecule has 0 spiro atoms. The number of hydrogen-bond donors (Lipinski definition) is 1. The number of nitrogens with zero attached hydrogens (tertiary/aromatic N) is 1. The zero-order valence-electron chi connectivity index (χ0n) is 13.6. The Morgan fingerprint density at radius 2 is 2.08 bits per heavy atom. The van der Waals surface area contributed by atoms with Crippen molar-refractivity contribution in [2.45, 2.75) is 19.4 Å². The molecule has 1 amide bonds. The van der Waals surface area contributed by atoms with Crippen LogP contribution in [0.2, 0.25) is 0 Å². The smallest absolute Gasteiger partial charge is 0.305 e. The number of ether oxygens (including phenoxy) is 1. The molecule has 0 unspecified atom stereocenters. The van der Waals surface area contributed by atoms with Gasteiger partial charge < -0.3 is 14.7 Å². The van der Waals surface area contributed by atoms with Gasteiger partial charge >= 0.3 is 5.97 Å². The lowest BCUT2D eigenvalue weighted by molar-refractivity contribution is -0.137. The standard InChI is InChI=1S/C19H18FNO4/c20-15-3-1-2-13(10-15)12-25-16-4-5-17-14(11-16)6-8-21(19(17)24)9-7-18(22)23/h1-5,10-11H,6-9,12H2,(H,22,23). The van der Waals surface area contributed by atoms with E-state index in [1.54, 1.807) is 29.2 Å². The highest BCUT2D eigenvalue weighted by atomic mass is 19.1. The Balaban J connectivity index is 1.67. The highest BCUT2D eigenvalue weighted by molar-refractivity contribution is 5.97. The molecule has 1 N–H and O–H groups in total. The summed E-state index contributed by atoms with van der Waals surface area (Å²) in [5, 5.41) is 8.75. The monoisotopic (exact) mass is 343 g/mol. The van der Waals surface area contributed by atoms with Crippen molar-refractivity contribution in [1.82, 2.24) is 4.90 Å². The van der Waals surface area contributed by atoms with Gasteiger partial charge in [0.15, 0.2) is 0 Å². The second kappa shape index (κ2) is 7.34. The number of rotatable bonds is 6. The molecule has 2 aromatic rings. The number of benzene rings is 2. The van der Waals surface area contributed by atoms with Gasteiger partial charge in [-0.05, 0) is 47.9 Å². The molecule has 25 heavy (non-hydrogen) atoms. The zero-order valence-corrected chi connectivity index (χ0v) is 13.6. The Bertz CT molecular complexity index is 806. The molecule has 130 valence electrons. The Labute approximate surface area is 144 Å². The SMILES string of the molecule is O=C(O)CCN1CCc2cc(OCc3cccc(F)c3)ccc2C1=O. The average molecular weight is 343 g/mol. The van der Waals surface area contributed by atoms with E-state index in [2.05, 4.69) is 0 Å². The van der Waals surface area contributed by atoms with Crippen LogP contribution in [-0.4, -0.2) is 35.0 Å². The summed E-state index contributed by atoms with van der Waals surface area (Å²) < 4.78 is 18.9. The average Bonchev–Trinajstić information content (AvgIpc) is 2.59. The molecule has 6 heteroatoms. The number of carboxylic acid groups (broad SMARTS) is 1. The van der Waals surface area contributed by atoms with Crippen molar-refractivity contribution in [3.05, 3.63) is 65.0 Å². The molecule has 0 radical (unpaired) electrons. The second-order valence-electron chi connectivity index (χ2n) is 5.92. The maximum absolute atomic E-state index is 13.2. The van der Waals surface area contributed by atoms with Gasteiger partial charge in [-0.15, -0.1) is 0 Å². The summed E-state index contributed by atoms with van der Waals surface area (Å²) in [6.45, 7) is 0.952. The molecule has 3 rings (SSSR count). The van der Waals surface area contributed by atoms with Crippen LogP contribution < -0.4 is 4.74 Å². The molecule has 0 saturated heterocycles. The maximum Gasteiger partial charge on any atom is 0.305 e. The van der Waals surface area contributed by atoms with Crippen LogP contribution in [-0.2, 0) is 17.8 Å². The first kappa shape index (κ1) is 17.0. The van der Waals surface area contributed by atoms with E-state index in [4.69, 9.17) is 9.84 Å². The largest absolute Gasteiger partial charge is 0.489 e. The van der Waals surface area contributed by atoms with Gasteiger partial charge in [-0.25, -0.2) is 4.39 Å². The first-order valence-electron chi connectivity index (χ1n) is 8.04. The summed E-state index contributed by atoms with van der Waals surface area (Å²) in [7, 11) is 0. The minimum atomic E-state index is -0.917. The minimum absolute atomic E-state index is 0.0596. The topological polar surface area (TPSA) is 66.8 Å². The van der Waals surface area contributed by atoms with Gasteiger partial charge in [-0.1, -0.05) is 12.1 Å². The summed E-state index contributed by atoms with van der Waals surface area (Å²) in [4.78, 5) is 24.6. The van der Waals surface area contributed by atoms with E-state index in [0.29, 0.717) is 24.3 Å². The van der Waals surface area contributed by atoms with Crippen molar-refractivity contribution >= 4 is 11.9 Å². The third-order valence-electron chi connectivity index (χ3n) is 4.14. The van der Waals surface area contributed by atoms with Crippen LogP contribution in [0.15, 0.2) is 42.5 Å². The van der Waals surface area contributed by atoms with E-state index in [9.17, 15) is 14.0 Å². The van der Waals surface area contributed by atoms with Gasteiger partial charge in [0.05, 0.1) is 6.42 Å². The number of hydrogen-bond acceptors (Lipinski definition) is 3. The molecular formula is C19H18FNO4. The Kier molecular flexibility index (Phi) is 4.97. The fourth-order valence-electron chi connectivity index (χ4n) is 2.84. The van der Waals surface area contributed by atoms with Crippen LogP contribution in [0.4, 0.5) is 4.39 Å². The summed E-state index contributed by atoms with van der Waals surface area (Å²) in [5.74, 6) is -0.757. The first-order valence-corrected chi connectivity index (χ1v) is 8.04. The molecule has 1 aliphatic rings. The predicted octanol–water partition coefficient (Wildman–Crippen LogP) is 2.88. The molecular weight excluding hydrogens is 325 g/mol. The minimum Gasteiger partial charge on any atom is -0.489 e. The fraction of sp³-hybridized carbons (Fsp3) is 0.263. The quantitative estimate of drug-likeness (QED) is 0.876. The normalized spacial score (nSPS) is 13.5. The number of amides is 1. The Morgan fingerprint density at radius 1 is 1.24 bits per heavy atom. The van der Waals surface area contributed by atoms with Crippen LogP contribution in [0.5, 0.6) is 5.75 Å². The van der Waals surface area contributed by atoms with Crippen molar-refractivity contribution in [3.8, 4) is 5.75 Å². The lowest BCUT2D eigenvalue weighted by atomic mass is 9.98. The number of aliphatic carboxylic acids is 1. The number of carbonyl (C=O) groups is 2. The van der Waals surface area contributed by atoms with Crippen molar-refractivity contribution in [2.75, 3.05) is 13.1 Å². The van der Waals surface area contributed by atoms with Gasteiger partial charge in [0.25, 0.3) is 5.91 Å². The number of carboxylic acids is 1. The van der Waals surface area contributed by atoms with E-state index >= 15 is 0 Å². The summed E-state index contributed by atoms with van der Waals surface area (Å²) in [6.07, 6.45) is 0.591. The molecule has 0 atom stereocenters.